The van der Waals surface area contributed by atoms with Crippen LogP contribution >= 0.6 is 22.7 Å². The molecule has 164 valence electrons. The summed E-state index contributed by atoms with van der Waals surface area (Å²) in [5, 5.41) is 16.3. The first-order valence-electron chi connectivity index (χ1n) is 10.6. The highest BCUT2D eigenvalue weighted by atomic mass is 32.1. The number of nitrogens with zero attached hydrogens (tertiary/aromatic N) is 1. The van der Waals surface area contributed by atoms with Crippen molar-refractivity contribution in [2.75, 3.05) is 24.7 Å². The Morgan fingerprint density at radius 1 is 1.06 bits per heavy atom. The number of hydrogen-bond acceptors (Lipinski definition) is 6. The van der Waals surface area contributed by atoms with Crippen molar-refractivity contribution in [2.45, 2.75) is 38.7 Å². The maximum atomic E-state index is 11.3. The summed E-state index contributed by atoms with van der Waals surface area (Å²) in [6.07, 6.45) is 2.67. The molecule has 5 nitrogen and oxygen atoms in total. The molecular weight excluding hydrogens is 430 g/mol. The van der Waals surface area contributed by atoms with Crippen LogP contribution in [0.5, 0.6) is 5.75 Å². The minimum Gasteiger partial charge on any atom is -0.494 e. The number of aliphatic carboxylic acids is 1. The van der Waals surface area contributed by atoms with E-state index in [1.165, 1.54) is 21.1 Å². The molecule has 0 spiro atoms. The van der Waals surface area contributed by atoms with Crippen LogP contribution in [0.1, 0.15) is 30.0 Å². The summed E-state index contributed by atoms with van der Waals surface area (Å²) in [7, 11) is 0. The van der Waals surface area contributed by atoms with E-state index in [-0.39, 0.29) is 0 Å². The molecule has 0 aliphatic carbocycles. The van der Waals surface area contributed by atoms with Gasteiger partial charge in [0.2, 0.25) is 0 Å². The van der Waals surface area contributed by atoms with E-state index < -0.39 is 12.1 Å². The number of hydrogen-bond donors (Lipinski definition) is 1. The normalized spacial score (nSPS) is 13.9. The molecule has 1 aliphatic heterocycles. The Morgan fingerprint density at radius 3 is 2.29 bits per heavy atom. The fourth-order valence-electron chi connectivity index (χ4n) is 3.84. The second-order valence-electron chi connectivity index (χ2n) is 7.49. The molecule has 0 bridgehead atoms. The highest BCUT2D eigenvalue weighted by Crippen LogP contribution is 2.42. The van der Waals surface area contributed by atoms with Crippen LogP contribution in [-0.2, 0) is 28.8 Å². The van der Waals surface area contributed by atoms with E-state index in [2.05, 4.69) is 27.8 Å². The second-order valence-corrected chi connectivity index (χ2v) is 9.28. The first kappa shape index (κ1) is 21.9. The summed E-state index contributed by atoms with van der Waals surface area (Å²) in [5.74, 6) is -0.130. The van der Waals surface area contributed by atoms with E-state index in [1.807, 2.05) is 46.9 Å². The topological polar surface area (TPSA) is 59.0 Å². The predicted octanol–water partition coefficient (Wildman–Crippen LogP) is 5.55. The van der Waals surface area contributed by atoms with Gasteiger partial charge in [0, 0.05) is 19.6 Å². The zero-order chi connectivity index (χ0) is 21.6. The summed E-state index contributed by atoms with van der Waals surface area (Å²) >= 11 is 3.64. The lowest BCUT2D eigenvalue weighted by Crippen LogP contribution is -2.26. The number of carbonyl (C=O) groups is 1. The van der Waals surface area contributed by atoms with Gasteiger partial charge in [-0.3, -0.25) is 0 Å². The largest absolute Gasteiger partial charge is 0.494 e. The summed E-state index contributed by atoms with van der Waals surface area (Å²) < 4.78 is 11.2. The lowest BCUT2D eigenvalue weighted by Gasteiger charge is -2.22. The standard InChI is InChI=1S/C24H27NO4S2/c1-2-28-21(24(26)27)16-17-4-8-20(9-5-17)29-13-3-12-25-22-18(10-14-30-22)6-7-19-11-15-31-23(19)25/h4-5,8-11,14-15,21H,2-3,6-7,12-13,16H2,1H3,(H,26,27). The molecule has 3 aromatic rings. The van der Waals surface area contributed by atoms with Gasteiger partial charge in [0.05, 0.1) is 16.6 Å². The molecule has 0 saturated heterocycles. The Kier molecular flexibility index (Phi) is 7.27. The van der Waals surface area contributed by atoms with Gasteiger partial charge in [0.15, 0.2) is 6.10 Å². The Morgan fingerprint density at radius 2 is 1.71 bits per heavy atom. The van der Waals surface area contributed by atoms with Crippen molar-refractivity contribution in [3.05, 3.63) is 63.8 Å². The number of aryl methyl sites for hydroxylation is 2. The van der Waals surface area contributed by atoms with Crippen molar-refractivity contribution < 1.29 is 19.4 Å². The maximum Gasteiger partial charge on any atom is 0.333 e. The van der Waals surface area contributed by atoms with Crippen LogP contribution in [0, 0.1) is 0 Å². The van der Waals surface area contributed by atoms with Gasteiger partial charge in [-0.2, -0.15) is 0 Å². The van der Waals surface area contributed by atoms with Crippen molar-refractivity contribution in [3.63, 3.8) is 0 Å². The monoisotopic (exact) mass is 457 g/mol. The van der Waals surface area contributed by atoms with Crippen molar-refractivity contribution in [1.82, 2.24) is 0 Å². The molecule has 1 unspecified atom stereocenters. The average molecular weight is 458 g/mol. The number of fused-ring (bicyclic) bond motifs is 2. The minimum absolute atomic E-state index is 0.352. The van der Waals surface area contributed by atoms with E-state index in [9.17, 15) is 9.90 Å². The maximum absolute atomic E-state index is 11.3. The lowest BCUT2D eigenvalue weighted by molar-refractivity contribution is -0.149. The minimum atomic E-state index is -0.932. The van der Waals surface area contributed by atoms with Gasteiger partial charge in [-0.25, -0.2) is 4.79 Å². The van der Waals surface area contributed by atoms with E-state index in [4.69, 9.17) is 9.47 Å². The highest BCUT2D eigenvalue weighted by molar-refractivity contribution is 7.16. The van der Waals surface area contributed by atoms with Crippen LogP contribution in [0.25, 0.3) is 0 Å². The van der Waals surface area contributed by atoms with Crippen molar-refractivity contribution in [2.24, 2.45) is 0 Å². The summed E-state index contributed by atoms with van der Waals surface area (Å²) in [6, 6.07) is 12.1. The van der Waals surface area contributed by atoms with Crippen molar-refractivity contribution in [3.8, 4) is 5.75 Å². The molecule has 0 radical (unpaired) electrons. The lowest BCUT2D eigenvalue weighted by atomic mass is 10.1. The third kappa shape index (κ3) is 5.29. The quantitative estimate of drug-likeness (QED) is 0.405. The molecule has 0 saturated carbocycles. The molecule has 0 amide bonds. The zero-order valence-electron chi connectivity index (χ0n) is 17.6. The molecule has 1 aromatic carbocycles. The zero-order valence-corrected chi connectivity index (χ0v) is 19.2. The Balaban J connectivity index is 1.31. The first-order chi connectivity index (χ1) is 15.2. The summed E-state index contributed by atoms with van der Waals surface area (Å²) in [4.78, 5) is 13.7. The van der Waals surface area contributed by atoms with Crippen LogP contribution in [0.4, 0.5) is 10.0 Å². The molecular formula is C24H27NO4S2. The molecule has 4 rings (SSSR count). The molecule has 1 atom stereocenters. The third-order valence-corrected chi connectivity index (χ3v) is 7.34. The van der Waals surface area contributed by atoms with Gasteiger partial charge in [-0.15, -0.1) is 22.7 Å². The predicted molar refractivity (Wildman–Crippen MR) is 126 cm³/mol. The molecule has 2 aromatic heterocycles. The number of rotatable bonds is 10. The van der Waals surface area contributed by atoms with Gasteiger partial charge in [0.25, 0.3) is 0 Å². The van der Waals surface area contributed by atoms with E-state index in [1.54, 1.807) is 6.92 Å². The third-order valence-electron chi connectivity index (χ3n) is 5.38. The Hall–Kier alpha value is -2.35. The number of benzene rings is 1. The smallest absolute Gasteiger partial charge is 0.333 e. The average Bonchev–Trinajstić information content (AvgIpc) is 3.40. The van der Waals surface area contributed by atoms with E-state index in [0.29, 0.717) is 19.6 Å². The molecule has 0 fully saturated rings. The van der Waals surface area contributed by atoms with Crippen LogP contribution in [0.3, 0.4) is 0 Å². The summed E-state index contributed by atoms with van der Waals surface area (Å²) in [6.45, 7) is 3.74. The fourth-order valence-corrected chi connectivity index (χ4v) is 5.88. The Labute approximate surface area is 190 Å². The van der Waals surface area contributed by atoms with Crippen molar-refractivity contribution in [1.29, 1.82) is 0 Å². The van der Waals surface area contributed by atoms with Crippen LogP contribution in [0.15, 0.2) is 47.2 Å². The summed E-state index contributed by atoms with van der Waals surface area (Å²) in [5.41, 5.74) is 3.81. The van der Waals surface area contributed by atoms with Gasteiger partial charge < -0.3 is 19.5 Å². The first-order valence-corrected chi connectivity index (χ1v) is 12.4. The number of carboxylic acid groups (broad SMARTS) is 1. The van der Waals surface area contributed by atoms with E-state index >= 15 is 0 Å². The van der Waals surface area contributed by atoms with Gasteiger partial charge in [-0.05, 0) is 77.9 Å². The molecule has 7 heteroatoms. The second kappa shape index (κ2) is 10.3. The van der Waals surface area contributed by atoms with Gasteiger partial charge in [0.1, 0.15) is 5.75 Å². The molecule has 3 heterocycles. The highest BCUT2D eigenvalue weighted by Gasteiger charge is 2.22. The van der Waals surface area contributed by atoms with Crippen molar-refractivity contribution >= 4 is 38.6 Å². The van der Waals surface area contributed by atoms with Crippen LogP contribution in [-0.4, -0.2) is 36.9 Å². The van der Waals surface area contributed by atoms with E-state index in [0.717, 1.165) is 37.1 Å². The molecule has 1 aliphatic rings. The number of anilines is 2. The molecule has 1 N–H and O–H groups in total. The van der Waals surface area contributed by atoms with Crippen LogP contribution < -0.4 is 9.64 Å². The SMILES string of the molecule is CCOC(Cc1ccc(OCCCN2c3sccc3CCc3ccsc32)cc1)C(=O)O. The number of ether oxygens (including phenoxy) is 2. The van der Waals surface area contributed by atoms with Gasteiger partial charge in [-0.1, -0.05) is 12.1 Å². The molecule has 31 heavy (non-hydrogen) atoms. The Bertz CT molecular complexity index is 953. The fraction of sp³-hybridized carbons (Fsp3) is 0.375. The number of thiophene rings is 2. The van der Waals surface area contributed by atoms with Crippen LogP contribution in [0.2, 0.25) is 0 Å². The number of carboxylic acids is 1. The van der Waals surface area contributed by atoms with Gasteiger partial charge >= 0.3 is 5.97 Å².